The molecule has 1 aromatic rings. The van der Waals surface area contributed by atoms with Crippen LogP contribution in [0.2, 0.25) is 0 Å². The third-order valence-corrected chi connectivity index (χ3v) is 2.33. The van der Waals surface area contributed by atoms with Crippen molar-refractivity contribution in [2.75, 3.05) is 27.4 Å². The third kappa shape index (κ3) is 3.76. The molecule has 0 saturated heterocycles. The summed E-state index contributed by atoms with van der Waals surface area (Å²) < 4.78 is 11.1. The maximum absolute atomic E-state index is 11.0. The molecule has 0 saturated carbocycles. The summed E-state index contributed by atoms with van der Waals surface area (Å²) in [6, 6.07) is 0. The minimum Gasteiger partial charge on any atom is -0.476 e. The number of carbonyl (C=O) groups is 1. The highest BCUT2D eigenvalue weighted by molar-refractivity contribution is 5.86. The first-order chi connectivity index (χ1) is 8.60. The minimum atomic E-state index is -1.14. The van der Waals surface area contributed by atoms with Crippen molar-refractivity contribution in [2.24, 2.45) is 0 Å². The molecule has 0 aromatic carbocycles. The van der Waals surface area contributed by atoms with Gasteiger partial charge in [-0.2, -0.15) is 0 Å². The zero-order chi connectivity index (χ0) is 13.5. The van der Waals surface area contributed by atoms with Crippen LogP contribution in [0.3, 0.4) is 0 Å². The number of hydrogen-bond donors (Lipinski definition) is 2. The van der Waals surface area contributed by atoms with Crippen LogP contribution in [0.25, 0.3) is 0 Å². The van der Waals surface area contributed by atoms with Crippen LogP contribution >= 0.6 is 0 Å². The van der Waals surface area contributed by atoms with Crippen LogP contribution in [0, 0.1) is 0 Å². The van der Waals surface area contributed by atoms with Crippen molar-refractivity contribution in [3.8, 4) is 0 Å². The average Bonchev–Trinajstić information content (AvgIpc) is 2.69. The van der Waals surface area contributed by atoms with Crippen molar-refractivity contribution < 1.29 is 24.5 Å². The molecule has 0 amide bonds. The Morgan fingerprint density at radius 3 is 2.72 bits per heavy atom. The predicted octanol–water partition coefficient (Wildman–Crippen LogP) is -0.827. The van der Waals surface area contributed by atoms with E-state index in [1.165, 1.54) is 18.9 Å². The van der Waals surface area contributed by atoms with Gasteiger partial charge in [0.15, 0.2) is 5.69 Å². The third-order valence-electron chi connectivity index (χ3n) is 2.33. The topological polar surface area (TPSA) is 107 Å². The number of aliphatic hydroxyl groups is 1. The normalized spacial score (nSPS) is 12.6. The quantitative estimate of drug-likeness (QED) is 0.627. The van der Waals surface area contributed by atoms with Gasteiger partial charge in [0.25, 0.3) is 0 Å². The molecule has 8 heteroatoms. The lowest BCUT2D eigenvalue weighted by Crippen LogP contribution is -2.24. The largest absolute Gasteiger partial charge is 0.476 e. The number of ether oxygens (including phenoxy) is 2. The van der Waals surface area contributed by atoms with Crippen LogP contribution in [0.1, 0.15) is 16.2 Å². The van der Waals surface area contributed by atoms with Gasteiger partial charge in [0, 0.05) is 20.6 Å². The maximum atomic E-state index is 11.0. The van der Waals surface area contributed by atoms with E-state index in [2.05, 4.69) is 10.3 Å². The fourth-order valence-electron chi connectivity index (χ4n) is 1.54. The molecule has 8 nitrogen and oxygen atoms in total. The molecule has 0 aliphatic rings. The molecule has 2 N–H and O–H groups in total. The molecule has 0 aliphatic heterocycles. The van der Waals surface area contributed by atoms with Gasteiger partial charge in [0.05, 0.1) is 31.6 Å². The number of carboxylic acids is 1. The number of nitrogens with zero attached hydrogens (tertiary/aromatic N) is 3. The van der Waals surface area contributed by atoms with Crippen molar-refractivity contribution in [2.45, 2.75) is 19.1 Å². The average molecular weight is 259 g/mol. The summed E-state index contributed by atoms with van der Waals surface area (Å²) in [5, 5.41) is 25.9. The lowest BCUT2D eigenvalue weighted by atomic mass is 10.2. The fourth-order valence-corrected chi connectivity index (χ4v) is 1.54. The zero-order valence-corrected chi connectivity index (χ0v) is 10.4. The van der Waals surface area contributed by atoms with Crippen molar-refractivity contribution in [3.05, 3.63) is 11.4 Å². The molecule has 0 radical (unpaired) electrons. The molecule has 0 aliphatic carbocycles. The van der Waals surface area contributed by atoms with E-state index in [9.17, 15) is 9.90 Å². The summed E-state index contributed by atoms with van der Waals surface area (Å²) in [5.41, 5.74) is 0.316. The highest BCUT2D eigenvalue weighted by Crippen LogP contribution is 2.08. The molecule has 1 heterocycles. The molecule has 0 bridgehead atoms. The second kappa shape index (κ2) is 7.04. The van der Waals surface area contributed by atoms with Gasteiger partial charge >= 0.3 is 5.97 Å². The Kier molecular flexibility index (Phi) is 5.69. The second-order valence-corrected chi connectivity index (χ2v) is 3.72. The van der Waals surface area contributed by atoms with Gasteiger partial charge in [0.1, 0.15) is 0 Å². The number of hydrogen-bond acceptors (Lipinski definition) is 6. The molecule has 1 rings (SSSR count). The second-order valence-electron chi connectivity index (χ2n) is 3.72. The molecule has 1 unspecified atom stereocenters. The molecule has 0 fully saturated rings. The van der Waals surface area contributed by atoms with Crippen LogP contribution in [0.5, 0.6) is 0 Å². The van der Waals surface area contributed by atoms with Crippen molar-refractivity contribution >= 4 is 5.97 Å². The molecule has 18 heavy (non-hydrogen) atoms. The van der Waals surface area contributed by atoms with Crippen LogP contribution < -0.4 is 0 Å². The lowest BCUT2D eigenvalue weighted by Gasteiger charge is -2.11. The SMILES string of the molecule is COCCc1c(C(=O)O)nnn1CC(O)COC. The minimum absolute atomic E-state index is 0.114. The number of aliphatic hydroxyl groups excluding tert-OH is 1. The van der Waals surface area contributed by atoms with Crippen molar-refractivity contribution in [3.63, 3.8) is 0 Å². The van der Waals surface area contributed by atoms with Crippen LogP contribution in [0.4, 0.5) is 0 Å². The van der Waals surface area contributed by atoms with E-state index in [1.54, 1.807) is 0 Å². The summed E-state index contributed by atoms with van der Waals surface area (Å²) in [6.45, 7) is 0.632. The smallest absolute Gasteiger partial charge is 0.358 e. The van der Waals surface area contributed by atoms with E-state index in [1.807, 2.05) is 0 Å². The summed E-state index contributed by atoms with van der Waals surface area (Å²) in [6.07, 6.45) is -0.398. The molecular weight excluding hydrogens is 242 g/mol. The monoisotopic (exact) mass is 259 g/mol. The molecule has 0 spiro atoms. The van der Waals surface area contributed by atoms with Gasteiger partial charge < -0.3 is 19.7 Å². The molecule has 1 atom stereocenters. The summed E-state index contributed by atoms with van der Waals surface area (Å²) in [4.78, 5) is 11.0. The molecule has 1 aromatic heterocycles. The van der Waals surface area contributed by atoms with Gasteiger partial charge in [-0.25, -0.2) is 9.48 Å². The Hall–Kier alpha value is -1.51. The highest BCUT2D eigenvalue weighted by Gasteiger charge is 2.20. The van der Waals surface area contributed by atoms with Gasteiger partial charge in [-0.3, -0.25) is 0 Å². The van der Waals surface area contributed by atoms with E-state index >= 15 is 0 Å². The van der Waals surface area contributed by atoms with Gasteiger partial charge in [-0.1, -0.05) is 5.21 Å². The Morgan fingerprint density at radius 1 is 1.44 bits per heavy atom. The fraction of sp³-hybridized carbons (Fsp3) is 0.700. The van der Waals surface area contributed by atoms with Crippen LogP contribution in [0.15, 0.2) is 0 Å². The van der Waals surface area contributed by atoms with Crippen LogP contribution in [-0.4, -0.2) is 64.7 Å². The Bertz CT molecular complexity index is 393. The standard InChI is InChI=1S/C10H17N3O5/c1-17-4-3-8-9(10(15)16)11-12-13(8)5-7(14)6-18-2/h7,14H,3-6H2,1-2H3,(H,15,16). The first-order valence-electron chi connectivity index (χ1n) is 5.41. The summed E-state index contributed by atoms with van der Waals surface area (Å²) in [5.74, 6) is -1.14. The van der Waals surface area contributed by atoms with E-state index < -0.39 is 12.1 Å². The van der Waals surface area contributed by atoms with E-state index in [-0.39, 0.29) is 18.8 Å². The number of aromatic carboxylic acids is 1. The van der Waals surface area contributed by atoms with Crippen LogP contribution in [-0.2, 0) is 22.4 Å². The first-order valence-corrected chi connectivity index (χ1v) is 5.41. The number of rotatable bonds is 8. The van der Waals surface area contributed by atoms with Gasteiger partial charge in [-0.05, 0) is 0 Å². The molecule has 102 valence electrons. The van der Waals surface area contributed by atoms with Gasteiger partial charge in [0.2, 0.25) is 0 Å². The lowest BCUT2D eigenvalue weighted by molar-refractivity contribution is 0.0501. The summed E-state index contributed by atoms with van der Waals surface area (Å²) >= 11 is 0. The van der Waals surface area contributed by atoms with E-state index in [0.717, 1.165) is 0 Å². The number of methoxy groups -OCH3 is 2. The Balaban J connectivity index is 2.85. The maximum Gasteiger partial charge on any atom is 0.358 e. The van der Waals surface area contributed by atoms with Gasteiger partial charge in [-0.15, -0.1) is 5.10 Å². The number of carboxylic acid groups (broad SMARTS) is 1. The highest BCUT2D eigenvalue weighted by atomic mass is 16.5. The summed E-state index contributed by atoms with van der Waals surface area (Å²) in [7, 11) is 2.99. The van der Waals surface area contributed by atoms with Crippen molar-refractivity contribution in [1.82, 2.24) is 15.0 Å². The zero-order valence-electron chi connectivity index (χ0n) is 10.4. The predicted molar refractivity (Wildman–Crippen MR) is 60.4 cm³/mol. The number of aromatic nitrogens is 3. The van der Waals surface area contributed by atoms with E-state index in [0.29, 0.717) is 18.7 Å². The Morgan fingerprint density at radius 2 is 2.17 bits per heavy atom. The van der Waals surface area contributed by atoms with Crippen molar-refractivity contribution in [1.29, 1.82) is 0 Å². The van der Waals surface area contributed by atoms with E-state index in [4.69, 9.17) is 14.6 Å². The first kappa shape index (κ1) is 14.6. The Labute approximate surface area is 104 Å². The molecular formula is C10H17N3O5.